The van der Waals surface area contributed by atoms with Gasteiger partial charge in [-0.05, 0) is 48.5 Å². The Bertz CT molecular complexity index is 2280. The van der Waals surface area contributed by atoms with Crippen molar-refractivity contribution in [3.63, 3.8) is 0 Å². The Morgan fingerprint density at radius 1 is 0.755 bits per heavy atom. The number of anilines is 2. The molecule has 0 bridgehead atoms. The van der Waals surface area contributed by atoms with Crippen molar-refractivity contribution in [3.05, 3.63) is 125 Å². The second kappa shape index (κ2) is 14.9. The number of carbonyl (C=O) groups excluding carboxylic acids is 4. The van der Waals surface area contributed by atoms with Crippen molar-refractivity contribution in [2.24, 2.45) is 0 Å². The summed E-state index contributed by atoms with van der Waals surface area (Å²) in [6.45, 7) is -0.939. The molecule has 0 unspecified atom stereocenters. The zero-order valence-corrected chi connectivity index (χ0v) is 28.6. The number of nitrogens with zero attached hydrogens (tertiary/aromatic N) is 6. The number of alkyl halides is 3. The Balaban J connectivity index is 0.000000199. The number of amides is 4. The molecule has 4 amide bonds. The highest BCUT2D eigenvalue weighted by Crippen LogP contribution is 2.27. The topological polar surface area (TPSA) is 174 Å². The summed E-state index contributed by atoms with van der Waals surface area (Å²) in [6.07, 6.45) is 4.99. The molecule has 0 saturated carbocycles. The fraction of sp³-hybridized carbons (Fsp3) is 0.147. The van der Waals surface area contributed by atoms with Crippen LogP contribution in [0, 0.1) is 0 Å². The molecule has 0 saturated heterocycles. The molecule has 2 aliphatic heterocycles. The Morgan fingerprint density at radius 2 is 1.32 bits per heavy atom. The fourth-order valence-electron chi connectivity index (χ4n) is 5.37. The average Bonchev–Trinajstić information content (AvgIpc) is 3.77. The molecule has 0 atom stereocenters. The van der Waals surface area contributed by atoms with Crippen LogP contribution in [0.5, 0.6) is 0 Å². The van der Waals surface area contributed by atoms with E-state index in [1.165, 1.54) is 29.2 Å². The van der Waals surface area contributed by atoms with E-state index in [9.17, 15) is 40.8 Å². The molecule has 4 heterocycles. The van der Waals surface area contributed by atoms with Crippen LogP contribution in [0.2, 0.25) is 5.02 Å². The van der Waals surface area contributed by atoms with Crippen LogP contribution >= 0.6 is 11.6 Å². The maximum absolute atomic E-state index is 12.6. The smallest absolute Gasteiger partial charge is 0.328 e. The minimum atomic E-state index is -5.74. The number of hydrogen-bond acceptors (Lipinski definition) is 11. The number of imidazole rings is 1. The second-order valence-corrected chi connectivity index (χ2v) is 13.3. The molecular formula is C34H25ClF3N7O7S. The molecule has 0 radical (unpaired) electrons. The first-order valence-electron chi connectivity index (χ1n) is 15.5. The van der Waals surface area contributed by atoms with Crippen LogP contribution in [0.3, 0.4) is 0 Å². The van der Waals surface area contributed by atoms with E-state index in [1.807, 2.05) is 16.7 Å². The zero-order valence-electron chi connectivity index (χ0n) is 27.0. The van der Waals surface area contributed by atoms with E-state index in [4.69, 9.17) is 11.6 Å². The molecule has 53 heavy (non-hydrogen) atoms. The van der Waals surface area contributed by atoms with E-state index in [0.29, 0.717) is 39.2 Å². The largest absolute Gasteiger partial charge is 0.523 e. The van der Waals surface area contributed by atoms with Crippen LogP contribution in [-0.4, -0.2) is 86.6 Å². The van der Waals surface area contributed by atoms with Gasteiger partial charge in [-0.2, -0.15) is 21.6 Å². The highest BCUT2D eigenvalue weighted by atomic mass is 35.5. The molecule has 0 aliphatic carbocycles. The molecule has 5 aromatic rings. The first kappa shape index (κ1) is 36.8. The third kappa shape index (κ3) is 7.79. The van der Waals surface area contributed by atoms with Crippen molar-refractivity contribution in [2.75, 3.05) is 25.0 Å². The Kier molecular flexibility index (Phi) is 10.4. The Morgan fingerprint density at radius 3 is 1.87 bits per heavy atom. The second-order valence-electron chi connectivity index (χ2n) is 11.2. The third-order valence-corrected chi connectivity index (χ3v) is 9.15. The van der Waals surface area contributed by atoms with Gasteiger partial charge in [-0.1, -0.05) is 41.9 Å². The average molecular weight is 768 g/mol. The highest BCUT2D eigenvalue weighted by molar-refractivity contribution is 7.87. The normalized spacial score (nSPS) is 13.9. The summed E-state index contributed by atoms with van der Waals surface area (Å²) in [4.78, 5) is 63.8. The minimum absolute atomic E-state index is 0.112. The van der Waals surface area contributed by atoms with Crippen LogP contribution in [0.1, 0.15) is 41.4 Å². The predicted octanol–water partition coefficient (Wildman–Crippen LogP) is 5.18. The molecule has 14 nitrogen and oxygen atoms in total. The van der Waals surface area contributed by atoms with Crippen molar-refractivity contribution >= 4 is 57.0 Å². The number of carbonyl (C=O) groups is 4. The summed E-state index contributed by atoms with van der Waals surface area (Å²) < 4.78 is 63.1. The molecule has 7 rings (SSSR count). The van der Waals surface area contributed by atoms with E-state index in [-0.39, 0.29) is 29.5 Å². The molecule has 1 N–H and O–H groups in total. The number of halogens is 4. The first-order valence-corrected chi connectivity index (χ1v) is 17.3. The van der Waals surface area contributed by atoms with Gasteiger partial charge in [-0.25, -0.2) is 15.0 Å². The van der Waals surface area contributed by atoms with Crippen molar-refractivity contribution < 1.29 is 45.0 Å². The molecule has 3 aromatic carbocycles. The summed E-state index contributed by atoms with van der Waals surface area (Å²) in [6, 6.07) is 21.7. The van der Waals surface area contributed by atoms with Crippen LogP contribution in [-0.2, 0) is 20.8 Å². The lowest BCUT2D eigenvalue weighted by Gasteiger charge is -2.15. The summed E-state index contributed by atoms with van der Waals surface area (Å²) in [5.41, 5.74) is -2.26. The monoisotopic (exact) mass is 767 g/mol. The number of benzene rings is 3. The molecule has 0 spiro atoms. The summed E-state index contributed by atoms with van der Waals surface area (Å²) in [5.74, 6) is -1.55. The minimum Gasteiger partial charge on any atom is -0.328 e. The van der Waals surface area contributed by atoms with Gasteiger partial charge in [0, 0.05) is 30.0 Å². The molecule has 0 fully saturated rings. The van der Waals surface area contributed by atoms with Gasteiger partial charge in [-0.3, -0.25) is 33.2 Å². The van der Waals surface area contributed by atoms with Crippen molar-refractivity contribution in [1.29, 1.82) is 0 Å². The molecule has 272 valence electrons. The molecule has 19 heteroatoms. The van der Waals surface area contributed by atoms with Gasteiger partial charge in [0.2, 0.25) is 5.95 Å². The molecular weight excluding hydrogens is 743 g/mol. The SMILES string of the molecule is O=C1c2ccccc2C(=O)N1CCOS(=O)(=O)C(F)(F)F.O=C1c2ccccc2C(=O)N1CCn1cncc1-c1ccnc(Nc2cccc(Cl)c2)n1. The maximum Gasteiger partial charge on any atom is 0.523 e. The lowest BCUT2D eigenvalue weighted by molar-refractivity contribution is -0.0543. The number of aromatic nitrogens is 4. The zero-order chi connectivity index (χ0) is 37.9. The van der Waals surface area contributed by atoms with Crippen molar-refractivity contribution in [1.82, 2.24) is 29.3 Å². The number of nitrogens with one attached hydrogen (secondary N) is 1. The van der Waals surface area contributed by atoms with E-state index >= 15 is 0 Å². The van der Waals surface area contributed by atoms with Gasteiger partial charge >= 0.3 is 15.6 Å². The number of hydrogen-bond donors (Lipinski definition) is 1. The van der Waals surface area contributed by atoms with Crippen LogP contribution in [0.25, 0.3) is 11.4 Å². The number of imide groups is 2. The number of rotatable bonds is 10. The Hall–Kier alpha value is -5.98. The standard InChI is InChI=1S/C23H17ClN6O2.C11H8F3NO5S/c24-15-4-3-5-16(12-15)27-23-26-9-8-19(28-23)20-13-25-14-29(20)10-11-30-21(31)17-6-1-2-7-18(17)22(30)32;12-11(13,14)21(18,19)20-6-5-15-9(16)7-3-1-2-4-8(7)10(15)17/h1-9,12-14H,10-11H2,(H,26,27,28);1-4H,5-6H2. The van der Waals surface area contributed by atoms with E-state index < -0.39 is 40.6 Å². The Labute approximate surface area is 303 Å². The fourth-order valence-corrected chi connectivity index (χ4v) is 5.98. The third-order valence-electron chi connectivity index (χ3n) is 7.87. The molecule has 2 aliphatic rings. The van der Waals surface area contributed by atoms with Gasteiger partial charge in [0.1, 0.15) is 0 Å². The van der Waals surface area contributed by atoms with E-state index in [2.05, 4.69) is 24.5 Å². The summed E-state index contributed by atoms with van der Waals surface area (Å²) in [5, 5.41) is 3.74. The highest BCUT2D eigenvalue weighted by Gasteiger charge is 2.47. The lowest BCUT2D eigenvalue weighted by Crippen LogP contribution is -2.35. The summed E-state index contributed by atoms with van der Waals surface area (Å²) in [7, 11) is -5.74. The molecule has 2 aromatic heterocycles. The van der Waals surface area contributed by atoms with Gasteiger partial charge in [0.25, 0.3) is 23.6 Å². The van der Waals surface area contributed by atoms with Crippen molar-refractivity contribution in [2.45, 2.75) is 12.1 Å². The van der Waals surface area contributed by atoms with Crippen LogP contribution in [0.15, 0.2) is 97.6 Å². The first-order chi connectivity index (χ1) is 25.2. The van der Waals surface area contributed by atoms with E-state index in [0.717, 1.165) is 11.4 Å². The number of fused-ring (bicyclic) bond motifs is 2. The van der Waals surface area contributed by atoms with E-state index in [1.54, 1.807) is 61.2 Å². The summed E-state index contributed by atoms with van der Waals surface area (Å²) >= 11 is 6.04. The lowest BCUT2D eigenvalue weighted by atomic mass is 10.1. The van der Waals surface area contributed by atoms with Crippen molar-refractivity contribution in [3.8, 4) is 11.4 Å². The van der Waals surface area contributed by atoms with Gasteiger partial charge in [-0.15, -0.1) is 0 Å². The predicted molar refractivity (Wildman–Crippen MR) is 183 cm³/mol. The van der Waals surface area contributed by atoms with Gasteiger partial charge in [0.05, 0.1) is 59.3 Å². The van der Waals surface area contributed by atoms with Gasteiger partial charge in [0.15, 0.2) is 0 Å². The quantitative estimate of drug-likeness (QED) is 0.113. The van der Waals surface area contributed by atoms with Gasteiger partial charge < -0.3 is 9.88 Å². The van der Waals surface area contributed by atoms with Crippen LogP contribution in [0.4, 0.5) is 24.8 Å². The van der Waals surface area contributed by atoms with Crippen LogP contribution < -0.4 is 5.32 Å². The maximum atomic E-state index is 12.6.